The molecule has 0 spiro atoms. The van der Waals surface area contributed by atoms with E-state index in [1.807, 2.05) is 24.3 Å². The number of carbonyl (C=O) groups excluding carboxylic acids is 1. The Morgan fingerprint density at radius 2 is 1.74 bits per heavy atom. The molecule has 0 fully saturated rings. The SMILES string of the molecule is O=CNc1cc(C(CNCCCCCCCO)OCCCc2ccccc2)ccc1O. The zero-order valence-electron chi connectivity index (χ0n) is 18.3. The number of hydrogen-bond donors (Lipinski definition) is 4. The highest BCUT2D eigenvalue weighted by molar-refractivity contribution is 5.75. The molecule has 2 aromatic carbocycles. The largest absolute Gasteiger partial charge is 0.506 e. The lowest BCUT2D eigenvalue weighted by molar-refractivity contribution is -0.105. The van der Waals surface area contributed by atoms with Gasteiger partial charge in [0.25, 0.3) is 0 Å². The summed E-state index contributed by atoms with van der Waals surface area (Å²) in [6.07, 6.45) is 7.59. The standard InChI is InChI=1S/C25H36N2O4/c28-16-8-3-1-2-7-15-26-19-25(22-13-14-24(30)23(18-22)27-20-29)31-17-9-12-21-10-5-4-6-11-21/h4-6,10-11,13-14,18,20,25-26,28,30H,1-3,7-9,12,15-17,19H2,(H,27,29). The van der Waals surface area contributed by atoms with Gasteiger partial charge in [-0.1, -0.05) is 55.7 Å². The number of ether oxygens (including phenoxy) is 1. The second-order valence-corrected chi connectivity index (χ2v) is 7.68. The number of amides is 1. The summed E-state index contributed by atoms with van der Waals surface area (Å²) in [7, 11) is 0. The Kier molecular flexibility index (Phi) is 12.3. The average molecular weight is 429 g/mol. The highest BCUT2D eigenvalue weighted by Gasteiger charge is 2.14. The number of rotatable bonds is 17. The maximum Gasteiger partial charge on any atom is 0.211 e. The van der Waals surface area contributed by atoms with E-state index in [1.54, 1.807) is 12.1 Å². The van der Waals surface area contributed by atoms with Gasteiger partial charge in [-0.25, -0.2) is 0 Å². The number of carbonyl (C=O) groups is 1. The van der Waals surface area contributed by atoms with E-state index in [4.69, 9.17) is 9.84 Å². The number of benzene rings is 2. The molecule has 0 saturated heterocycles. The molecule has 4 N–H and O–H groups in total. The van der Waals surface area contributed by atoms with Crippen molar-refractivity contribution in [3.63, 3.8) is 0 Å². The van der Waals surface area contributed by atoms with Gasteiger partial charge >= 0.3 is 0 Å². The lowest BCUT2D eigenvalue weighted by Crippen LogP contribution is -2.25. The molecule has 2 aromatic rings. The Morgan fingerprint density at radius 1 is 0.968 bits per heavy atom. The van der Waals surface area contributed by atoms with Crippen molar-refractivity contribution in [1.82, 2.24) is 5.32 Å². The molecule has 2 rings (SSSR count). The Morgan fingerprint density at radius 3 is 2.52 bits per heavy atom. The third kappa shape index (κ3) is 9.96. The fourth-order valence-corrected chi connectivity index (χ4v) is 3.48. The second kappa shape index (κ2) is 15.4. The normalized spacial score (nSPS) is 11.9. The molecule has 0 radical (unpaired) electrons. The van der Waals surface area contributed by atoms with Crippen LogP contribution in [-0.4, -0.2) is 42.9 Å². The molecule has 0 heterocycles. The molecular weight excluding hydrogens is 392 g/mol. The number of phenols is 1. The molecule has 0 aliphatic rings. The molecule has 0 aromatic heterocycles. The second-order valence-electron chi connectivity index (χ2n) is 7.68. The first-order valence-corrected chi connectivity index (χ1v) is 11.2. The van der Waals surface area contributed by atoms with Gasteiger partial charge in [0, 0.05) is 19.8 Å². The van der Waals surface area contributed by atoms with E-state index in [0.29, 0.717) is 25.2 Å². The molecule has 0 aliphatic heterocycles. The van der Waals surface area contributed by atoms with Crippen LogP contribution >= 0.6 is 0 Å². The van der Waals surface area contributed by atoms with Crippen molar-refractivity contribution in [2.45, 2.75) is 51.0 Å². The van der Waals surface area contributed by atoms with Gasteiger partial charge in [0.05, 0.1) is 11.8 Å². The van der Waals surface area contributed by atoms with Crippen molar-refractivity contribution in [3.05, 3.63) is 59.7 Å². The minimum absolute atomic E-state index is 0.0366. The summed E-state index contributed by atoms with van der Waals surface area (Å²) >= 11 is 0. The summed E-state index contributed by atoms with van der Waals surface area (Å²) in [6.45, 7) is 2.46. The van der Waals surface area contributed by atoms with Crippen molar-refractivity contribution in [1.29, 1.82) is 0 Å². The summed E-state index contributed by atoms with van der Waals surface area (Å²) in [5.41, 5.74) is 2.59. The van der Waals surface area contributed by atoms with Crippen molar-refractivity contribution < 1.29 is 19.7 Å². The van der Waals surface area contributed by atoms with Crippen LogP contribution in [-0.2, 0) is 16.0 Å². The maximum atomic E-state index is 10.8. The monoisotopic (exact) mass is 428 g/mol. The number of aliphatic hydroxyl groups excluding tert-OH is 1. The molecule has 31 heavy (non-hydrogen) atoms. The van der Waals surface area contributed by atoms with Gasteiger partial charge in [-0.05, 0) is 55.5 Å². The van der Waals surface area contributed by atoms with Crippen LogP contribution in [0, 0.1) is 0 Å². The molecule has 1 amide bonds. The van der Waals surface area contributed by atoms with E-state index in [9.17, 15) is 9.90 Å². The van der Waals surface area contributed by atoms with Gasteiger partial charge in [0.1, 0.15) is 5.75 Å². The van der Waals surface area contributed by atoms with Crippen LogP contribution < -0.4 is 10.6 Å². The van der Waals surface area contributed by atoms with E-state index in [1.165, 1.54) is 5.56 Å². The number of phenolic OH excluding ortho intramolecular Hbond substituents is 1. The summed E-state index contributed by atoms with van der Waals surface area (Å²) in [4.78, 5) is 10.8. The maximum absolute atomic E-state index is 10.8. The highest BCUT2D eigenvalue weighted by Crippen LogP contribution is 2.28. The van der Waals surface area contributed by atoms with E-state index < -0.39 is 0 Å². The fourth-order valence-electron chi connectivity index (χ4n) is 3.48. The molecule has 6 nitrogen and oxygen atoms in total. The molecule has 0 saturated carbocycles. The predicted molar refractivity (Wildman–Crippen MR) is 124 cm³/mol. The van der Waals surface area contributed by atoms with Crippen LogP contribution in [0.15, 0.2) is 48.5 Å². The van der Waals surface area contributed by atoms with E-state index in [-0.39, 0.29) is 18.5 Å². The first kappa shape index (κ1) is 24.9. The Hall–Kier alpha value is -2.41. The molecule has 1 unspecified atom stereocenters. The number of hydrogen-bond acceptors (Lipinski definition) is 5. The summed E-state index contributed by atoms with van der Waals surface area (Å²) < 4.78 is 6.19. The zero-order chi connectivity index (χ0) is 22.2. The molecule has 6 heteroatoms. The lowest BCUT2D eigenvalue weighted by atomic mass is 10.1. The van der Waals surface area contributed by atoms with Crippen LogP contribution in [0.3, 0.4) is 0 Å². The fraction of sp³-hybridized carbons (Fsp3) is 0.480. The first-order chi connectivity index (χ1) is 15.2. The number of aliphatic hydroxyl groups is 1. The highest BCUT2D eigenvalue weighted by atomic mass is 16.5. The molecule has 0 bridgehead atoms. The smallest absolute Gasteiger partial charge is 0.211 e. The number of nitrogens with one attached hydrogen (secondary N) is 2. The molecule has 0 aliphatic carbocycles. The number of aryl methyl sites for hydroxylation is 1. The quantitative estimate of drug-likeness (QED) is 0.172. The molecular formula is C25H36N2O4. The summed E-state index contributed by atoms with van der Waals surface area (Å²) in [6, 6.07) is 15.5. The van der Waals surface area contributed by atoms with Gasteiger partial charge < -0.3 is 25.6 Å². The Bertz CT molecular complexity index is 740. The van der Waals surface area contributed by atoms with Crippen molar-refractivity contribution in [2.24, 2.45) is 0 Å². The number of unbranched alkanes of at least 4 members (excludes halogenated alkanes) is 4. The van der Waals surface area contributed by atoms with Crippen LogP contribution in [0.2, 0.25) is 0 Å². The third-order valence-electron chi connectivity index (χ3n) is 5.22. The zero-order valence-corrected chi connectivity index (χ0v) is 18.3. The van der Waals surface area contributed by atoms with Crippen LogP contribution in [0.1, 0.15) is 55.8 Å². The van der Waals surface area contributed by atoms with Crippen LogP contribution in [0.5, 0.6) is 5.75 Å². The van der Waals surface area contributed by atoms with Gasteiger partial charge in [-0.2, -0.15) is 0 Å². The average Bonchev–Trinajstić information content (AvgIpc) is 2.79. The van der Waals surface area contributed by atoms with Crippen molar-refractivity contribution >= 4 is 12.1 Å². The Labute approximate surface area is 185 Å². The lowest BCUT2D eigenvalue weighted by Gasteiger charge is -2.20. The Balaban J connectivity index is 1.85. The topological polar surface area (TPSA) is 90.8 Å². The van der Waals surface area contributed by atoms with Gasteiger partial charge in [-0.15, -0.1) is 0 Å². The van der Waals surface area contributed by atoms with Gasteiger partial charge in [0.15, 0.2) is 0 Å². The third-order valence-corrected chi connectivity index (χ3v) is 5.22. The van der Waals surface area contributed by atoms with Crippen LogP contribution in [0.25, 0.3) is 0 Å². The number of anilines is 1. The first-order valence-electron chi connectivity index (χ1n) is 11.2. The predicted octanol–water partition coefficient (Wildman–Crippen LogP) is 4.18. The van der Waals surface area contributed by atoms with Crippen molar-refractivity contribution in [2.75, 3.05) is 31.6 Å². The summed E-state index contributed by atoms with van der Waals surface area (Å²) in [5, 5.41) is 24.8. The van der Waals surface area contributed by atoms with E-state index in [2.05, 4.69) is 22.8 Å². The summed E-state index contributed by atoms with van der Waals surface area (Å²) in [5.74, 6) is 0.0366. The van der Waals surface area contributed by atoms with E-state index >= 15 is 0 Å². The molecule has 1 atom stereocenters. The van der Waals surface area contributed by atoms with Crippen LogP contribution in [0.4, 0.5) is 5.69 Å². The minimum Gasteiger partial charge on any atom is -0.506 e. The van der Waals surface area contributed by atoms with Gasteiger partial charge in [0.2, 0.25) is 6.41 Å². The van der Waals surface area contributed by atoms with E-state index in [0.717, 1.165) is 57.1 Å². The number of aromatic hydroxyl groups is 1. The molecule has 170 valence electrons. The minimum atomic E-state index is -0.169. The van der Waals surface area contributed by atoms with Gasteiger partial charge in [-0.3, -0.25) is 4.79 Å². The van der Waals surface area contributed by atoms with Crippen molar-refractivity contribution in [3.8, 4) is 5.75 Å².